The van der Waals surface area contributed by atoms with Crippen LogP contribution >= 0.6 is 39.1 Å². The maximum absolute atomic E-state index is 6.26. The SMILES string of the molecule is CCOc1cc(CNCCCN(CC)CC)c(Br)cc1OCc1c(Cl)cccc1Cl. The molecule has 0 aliphatic heterocycles. The van der Waals surface area contributed by atoms with Gasteiger partial charge in [0, 0.05) is 26.6 Å². The molecule has 0 fully saturated rings. The molecule has 30 heavy (non-hydrogen) atoms. The first kappa shape index (κ1) is 25.3. The molecule has 0 aromatic heterocycles. The Hall–Kier alpha value is -0.980. The molecule has 0 saturated carbocycles. The Balaban J connectivity index is 2.00. The summed E-state index contributed by atoms with van der Waals surface area (Å²) >= 11 is 16.2. The van der Waals surface area contributed by atoms with Gasteiger partial charge in [0.15, 0.2) is 11.5 Å². The van der Waals surface area contributed by atoms with Crippen molar-refractivity contribution in [2.75, 3.05) is 32.8 Å². The van der Waals surface area contributed by atoms with Crippen LogP contribution in [0.15, 0.2) is 34.8 Å². The molecule has 1 N–H and O–H groups in total. The highest BCUT2D eigenvalue weighted by Crippen LogP contribution is 2.35. The fourth-order valence-corrected chi connectivity index (χ4v) is 4.07. The van der Waals surface area contributed by atoms with E-state index in [9.17, 15) is 0 Å². The molecule has 0 heterocycles. The number of ether oxygens (including phenoxy) is 2. The average Bonchev–Trinajstić information content (AvgIpc) is 2.73. The van der Waals surface area contributed by atoms with Gasteiger partial charge in [-0.1, -0.05) is 59.0 Å². The first-order chi connectivity index (χ1) is 14.5. The van der Waals surface area contributed by atoms with E-state index in [1.165, 1.54) is 0 Å². The van der Waals surface area contributed by atoms with Crippen LogP contribution in [0.4, 0.5) is 0 Å². The van der Waals surface area contributed by atoms with Crippen LogP contribution in [0.2, 0.25) is 10.0 Å². The monoisotopic (exact) mass is 516 g/mol. The molecule has 0 spiro atoms. The molecular formula is C23H31BrCl2N2O2. The summed E-state index contributed by atoms with van der Waals surface area (Å²) < 4.78 is 12.8. The van der Waals surface area contributed by atoms with E-state index < -0.39 is 0 Å². The van der Waals surface area contributed by atoms with Crippen LogP contribution in [0.25, 0.3) is 0 Å². The number of nitrogens with one attached hydrogen (secondary N) is 1. The Morgan fingerprint density at radius 3 is 2.30 bits per heavy atom. The molecule has 0 amide bonds. The number of halogens is 3. The Bertz CT molecular complexity index is 781. The summed E-state index contributed by atoms with van der Waals surface area (Å²) in [5, 5.41) is 4.70. The normalized spacial score (nSPS) is 11.2. The molecule has 0 aliphatic carbocycles. The third-order valence-electron chi connectivity index (χ3n) is 4.88. The lowest BCUT2D eigenvalue weighted by Crippen LogP contribution is -2.27. The standard InChI is InChI=1S/C23H31BrCl2N2O2/c1-4-28(5-2)12-8-11-27-15-17-13-22(29-6-3)23(14-19(17)24)30-16-18-20(25)9-7-10-21(18)26/h7,9-10,13-14,27H,4-6,8,11-12,15-16H2,1-3H3. The van der Waals surface area contributed by atoms with E-state index in [0.29, 0.717) is 28.2 Å². The van der Waals surface area contributed by atoms with Crippen LogP contribution in [0.1, 0.15) is 38.3 Å². The number of hydrogen-bond acceptors (Lipinski definition) is 4. The van der Waals surface area contributed by atoms with Crippen molar-refractivity contribution in [1.82, 2.24) is 10.2 Å². The van der Waals surface area contributed by atoms with Crippen molar-refractivity contribution < 1.29 is 9.47 Å². The summed E-state index contributed by atoms with van der Waals surface area (Å²) in [5.41, 5.74) is 1.89. The molecule has 0 bridgehead atoms. The van der Waals surface area contributed by atoms with Gasteiger partial charge in [-0.2, -0.15) is 0 Å². The second kappa shape index (κ2) is 13.4. The predicted molar refractivity (Wildman–Crippen MR) is 130 cm³/mol. The minimum absolute atomic E-state index is 0.272. The van der Waals surface area contributed by atoms with E-state index in [0.717, 1.165) is 54.7 Å². The molecule has 0 radical (unpaired) electrons. The van der Waals surface area contributed by atoms with Gasteiger partial charge in [-0.25, -0.2) is 0 Å². The zero-order valence-corrected chi connectivity index (χ0v) is 21.0. The van der Waals surface area contributed by atoms with Crippen LogP contribution < -0.4 is 14.8 Å². The van der Waals surface area contributed by atoms with E-state index in [4.69, 9.17) is 32.7 Å². The number of hydrogen-bond donors (Lipinski definition) is 1. The van der Waals surface area contributed by atoms with Gasteiger partial charge in [0.05, 0.1) is 6.61 Å². The zero-order valence-electron chi connectivity index (χ0n) is 17.9. The van der Waals surface area contributed by atoms with E-state index >= 15 is 0 Å². The minimum atomic E-state index is 0.272. The van der Waals surface area contributed by atoms with Crippen molar-refractivity contribution in [1.29, 1.82) is 0 Å². The largest absolute Gasteiger partial charge is 0.490 e. The molecule has 2 aromatic carbocycles. The van der Waals surface area contributed by atoms with E-state index in [2.05, 4.69) is 40.0 Å². The summed E-state index contributed by atoms with van der Waals surface area (Å²) in [6, 6.07) is 9.40. The molecule has 4 nitrogen and oxygen atoms in total. The number of nitrogens with zero attached hydrogens (tertiary/aromatic N) is 1. The summed E-state index contributed by atoms with van der Waals surface area (Å²) in [5.74, 6) is 1.37. The van der Waals surface area contributed by atoms with Crippen LogP contribution in [-0.2, 0) is 13.2 Å². The van der Waals surface area contributed by atoms with Gasteiger partial charge in [0.1, 0.15) is 6.61 Å². The van der Waals surface area contributed by atoms with Gasteiger partial charge in [-0.05, 0) is 69.4 Å². The van der Waals surface area contributed by atoms with Gasteiger partial charge in [0.25, 0.3) is 0 Å². The van der Waals surface area contributed by atoms with Crippen LogP contribution in [-0.4, -0.2) is 37.7 Å². The first-order valence-corrected chi connectivity index (χ1v) is 12.0. The van der Waals surface area contributed by atoms with Gasteiger partial charge < -0.3 is 19.7 Å². The van der Waals surface area contributed by atoms with Crippen LogP contribution in [0, 0.1) is 0 Å². The van der Waals surface area contributed by atoms with E-state index in [-0.39, 0.29) is 6.61 Å². The van der Waals surface area contributed by atoms with Crippen molar-refractivity contribution in [3.05, 3.63) is 56.0 Å². The Morgan fingerprint density at radius 2 is 1.67 bits per heavy atom. The maximum atomic E-state index is 6.26. The highest BCUT2D eigenvalue weighted by molar-refractivity contribution is 9.10. The topological polar surface area (TPSA) is 33.7 Å². The van der Waals surface area contributed by atoms with Gasteiger partial charge in [-0.15, -0.1) is 0 Å². The van der Waals surface area contributed by atoms with E-state index in [1.54, 1.807) is 12.1 Å². The third kappa shape index (κ3) is 7.61. The smallest absolute Gasteiger partial charge is 0.162 e. The number of benzene rings is 2. The van der Waals surface area contributed by atoms with Crippen LogP contribution in [0.5, 0.6) is 11.5 Å². The fraction of sp³-hybridized carbons (Fsp3) is 0.478. The Kier molecular flexibility index (Phi) is 11.3. The average molecular weight is 518 g/mol. The molecule has 0 aliphatic rings. The lowest BCUT2D eigenvalue weighted by Gasteiger charge is -2.18. The van der Waals surface area contributed by atoms with Crippen LogP contribution in [0.3, 0.4) is 0 Å². The Labute approximate surface area is 199 Å². The highest BCUT2D eigenvalue weighted by atomic mass is 79.9. The molecule has 2 rings (SSSR count). The minimum Gasteiger partial charge on any atom is -0.490 e. The second-order valence-corrected chi connectivity index (χ2v) is 8.54. The summed E-state index contributed by atoms with van der Waals surface area (Å²) in [6.07, 6.45) is 1.12. The molecule has 7 heteroatoms. The summed E-state index contributed by atoms with van der Waals surface area (Å²) in [7, 11) is 0. The van der Waals surface area contributed by atoms with Crippen molar-refractivity contribution in [3.63, 3.8) is 0 Å². The van der Waals surface area contributed by atoms with Crippen molar-refractivity contribution in [3.8, 4) is 11.5 Å². The second-order valence-electron chi connectivity index (χ2n) is 6.87. The number of rotatable bonds is 13. The lowest BCUT2D eigenvalue weighted by atomic mass is 10.2. The molecule has 0 saturated heterocycles. The van der Waals surface area contributed by atoms with E-state index in [1.807, 2.05) is 25.1 Å². The fourth-order valence-electron chi connectivity index (χ4n) is 3.10. The quantitative estimate of drug-likeness (QED) is 0.305. The van der Waals surface area contributed by atoms with Crippen molar-refractivity contribution in [2.45, 2.75) is 40.3 Å². The van der Waals surface area contributed by atoms with Crippen molar-refractivity contribution >= 4 is 39.1 Å². The Morgan fingerprint density at radius 1 is 1.00 bits per heavy atom. The lowest BCUT2D eigenvalue weighted by molar-refractivity contribution is 0.269. The highest BCUT2D eigenvalue weighted by Gasteiger charge is 2.13. The van der Waals surface area contributed by atoms with Gasteiger partial charge >= 0.3 is 0 Å². The zero-order chi connectivity index (χ0) is 21.9. The van der Waals surface area contributed by atoms with Gasteiger partial charge in [0.2, 0.25) is 0 Å². The molecule has 0 unspecified atom stereocenters. The first-order valence-electron chi connectivity index (χ1n) is 10.4. The molecular weight excluding hydrogens is 487 g/mol. The molecule has 0 atom stereocenters. The maximum Gasteiger partial charge on any atom is 0.162 e. The third-order valence-corrected chi connectivity index (χ3v) is 6.33. The predicted octanol–water partition coefficient (Wildman–Crippen LogP) is 6.56. The summed E-state index contributed by atoms with van der Waals surface area (Å²) in [6.45, 7) is 12.2. The molecule has 2 aromatic rings. The molecule has 166 valence electrons. The summed E-state index contributed by atoms with van der Waals surface area (Å²) in [4.78, 5) is 2.43. The van der Waals surface area contributed by atoms with Crippen molar-refractivity contribution in [2.24, 2.45) is 0 Å². The van der Waals surface area contributed by atoms with Gasteiger partial charge in [-0.3, -0.25) is 0 Å².